The number of fused-ring (bicyclic) bond motifs is 1. The Morgan fingerprint density at radius 2 is 1.69 bits per heavy atom. The van der Waals surface area contributed by atoms with Crippen LogP contribution >= 0.6 is 0 Å². The van der Waals surface area contributed by atoms with Gasteiger partial charge >= 0.3 is 6.18 Å². The van der Waals surface area contributed by atoms with Crippen LogP contribution in [-0.4, -0.2) is 50.8 Å². The van der Waals surface area contributed by atoms with Crippen molar-refractivity contribution in [1.82, 2.24) is 20.4 Å². The van der Waals surface area contributed by atoms with Crippen molar-refractivity contribution in [3.63, 3.8) is 0 Å². The van der Waals surface area contributed by atoms with Gasteiger partial charge in [-0.3, -0.25) is 0 Å². The van der Waals surface area contributed by atoms with Crippen LogP contribution in [0.5, 0.6) is 5.75 Å². The molecule has 1 saturated heterocycles. The third-order valence-electron chi connectivity index (χ3n) is 4.77. The van der Waals surface area contributed by atoms with Gasteiger partial charge in [0, 0.05) is 24.0 Å². The van der Waals surface area contributed by atoms with Crippen molar-refractivity contribution in [2.24, 2.45) is 0 Å². The number of rotatable bonds is 2. The molecule has 10 heteroatoms. The van der Waals surface area contributed by atoms with E-state index in [0.29, 0.717) is 35.7 Å². The molecule has 0 aliphatic carbocycles. The van der Waals surface area contributed by atoms with E-state index in [-0.39, 0.29) is 23.5 Å². The molecular weight excluding hydrogens is 387 g/mol. The van der Waals surface area contributed by atoms with Gasteiger partial charge in [0.15, 0.2) is 5.82 Å². The molecule has 3 heterocycles. The number of hydrogen-bond donors (Lipinski definition) is 1. The SMILES string of the molecule is C[C@@H]1CN(c2nnc(-c3ccc(C(F)(F)F)cc3O)c3cnncc23)C[C@H](C)O1. The highest BCUT2D eigenvalue weighted by Gasteiger charge is 2.32. The van der Waals surface area contributed by atoms with Crippen LogP contribution in [0.25, 0.3) is 22.0 Å². The van der Waals surface area contributed by atoms with Crippen LogP contribution in [0.1, 0.15) is 19.4 Å². The summed E-state index contributed by atoms with van der Waals surface area (Å²) in [5, 5.41) is 27.7. The number of aromatic hydroxyl groups is 1. The van der Waals surface area contributed by atoms with Crippen molar-refractivity contribution in [3.05, 3.63) is 36.2 Å². The van der Waals surface area contributed by atoms with Crippen LogP contribution in [0, 0.1) is 0 Å². The van der Waals surface area contributed by atoms with Crippen LogP contribution < -0.4 is 4.90 Å². The summed E-state index contributed by atoms with van der Waals surface area (Å²) >= 11 is 0. The molecule has 1 aliphatic rings. The zero-order chi connectivity index (χ0) is 20.8. The molecule has 3 aromatic rings. The third kappa shape index (κ3) is 3.67. The van der Waals surface area contributed by atoms with Gasteiger partial charge in [0.25, 0.3) is 0 Å². The van der Waals surface area contributed by atoms with Crippen LogP contribution in [0.15, 0.2) is 30.6 Å². The molecule has 0 spiro atoms. The maximum absolute atomic E-state index is 12.9. The van der Waals surface area contributed by atoms with Gasteiger partial charge in [0.2, 0.25) is 0 Å². The molecule has 0 radical (unpaired) electrons. The number of halogens is 3. The second-order valence-corrected chi connectivity index (χ2v) is 7.08. The predicted molar refractivity (Wildman–Crippen MR) is 99.5 cm³/mol. The minimum absolute atomic E-state index is 0.00373. The Morgan fingerprint density at radius 1 is 1.03 bits per heavy atom. The van der Waals surface area contributed by atoms with Crippen molar-refractivity contribution >= 4 is 16.6 Å². The molecule has 7 nitrogen and oxygen atoms in total. The highest BCUT2D eigenvalue weighted by molar-refractivity contribution is 6.00. The second-order valence-electron chi connectivity index (χ2n) is 7.08. The minimum atomic E-state index is -4.55. The minimum Gasteiger partial charge on any atom is -0.507 e. The zero-order valence-electron chi connectivity index (χ0n) is 15.7. The number of hydrogen-bond acceptors (Lipinski definition) is 7. The first-order chi connectivity index (χ1) is 13.7. The number of anilines is 1. The third-order valence-corrected chi connectivity index (χ3v) is 4.77. The molecule has 0 saturated carbocycles. The Bertz CT molecular complexity index is 1050. The van der Waals surface area contributed by atoms with Crippen LogP contribution in [0.2, 0.25) is 0 Å². The summed E-state index contributed by atoms with van der Waals surface area (Å²) in [5.74, 6) is 0.0562. The van der Waals surface area contributed by atoms with Gasteiger partial charge in [-0.2, -0.15) is 23.4 Å². The van der Waals surface area contributed by atoms with E-state index in [1.54, 1.807) is 0 Å². The molecule has 4 rings (SSSR count). The zero-order valence-corrected chi connectivity index (χ0v) is 15.7. The van der Waals surface area contributed by atoms with E-state index in [9.17, 15) is 18.3 Å². The summed E-state index contributed by atoms with van der Waals surface area (Å²) in [6.07, 6.45) is -1.54. The fourth-order valence-corrected chi connectivity index (χ4v) is 3.58. The normalized spacial score (nSPS) is 20.2. The lowest BCUT2D eigenvalue weighted by atomic mass is 10.0. The number of alkyl halides is 3. The van der Waals surface area contributed by atoms with Crippen LogP contribution in [0.3, 0.4) is 0 Å². The molecule has 1 aromatic carbocycles. The van der Waals surface area contributed by atoms with Gasteiger partial charge < -0.3 is 14.7 Å². The molecule has 0 amide bonds. The first kappa shape index (κ1) is 19.3. The molecular formula is C19H18F3N5O2. The molecule has 2 atom stereocenters. The highest BCUT2D eigenvalue weighted by atomic mass is 19.4. The van der Waals surface area contributed by atoms with E-state index >= 15 is 0 Å². The fourth-order valence-electron chi connectivity index (χ4n) is 3.58. The number of phenolic OH excluding ortho intramolecular Hbond substituents is 1. The van der Waals surface area contributed by atoms with E-state index in [0.717, 1.165) is 6.07 Å². The summed E-state index contributed by atoms with van der Waals surface area (Å²) < 4.78 is 44.5. The summed E-state index contributed by atoms with van der Waals surface area (Å²) in [7, 11) is 0. The smallest absolute Gasteiger partial charge is 0.416 e. The average Bonchev–Trinajstić information content (AvgIpc) is 2.66. The van der Waals surface area contributed by atoms with Crippen molar-refractivity contribution in [2.75, 3.05) is 18.0 Å². The van der Waals surface area contributed by atoms with E-state index < -0.39 is 17.5 Å². The first-order valence-electron chi connectivity index (χ1n) is 9.02. The Kier molecular flexibility index (Phi) is 4.73. The maximum Gasteiger partial charge on any atom is 0.416 e. The molecule has 29 heavy (non-hydrogen) atoms. The van der Waals surface area contributed by atoms with Gasteiger partial charge in [-0.05, 0) is 32.0 Å². The number of nitrogens with zero attached hydrogens (tertiary/aromatic N) is 5. The molecule has 0 bridgehead atoms. The molecule has 152 valence electrons. The van der Waals surface area contributed by atoms with Gasteiger partial charge in [0.1, 0.15) is 11.4 Å². The molecule has 1 fully saturated rings. The van der Waals surface area contributed by atoms with Crippen LogP contribution in [-0.2, 0) is 10.9 Å². The predicted octanol–water partition coefficient (Wildman–Crippen LogP) is 3.42. The topological polar surface area (TPSA) is 84.3 Å². The monoisotopic (exact) mass is 405 g/mol. The number of phenols is 1. The van der Waals surface area contributed by atoms with E-state index in [2.05, 4.69) is 20.4 Å². The Labute approximate surface area is 164 Å². The summed E-state index contributed by atoms with van der Waals surface area (Å²) in [4.78, 5) is 2.03. The molecule has 1 aliphatic heterocycles. The van der Waals surface area contributed by atoms with Crippen LogP contribution in [0.4, 0.5) is 19.0 Å². The summed E-state index contributed by atoms with van der Waals surface area (Å²) in [6.45, 7) is 5.15. The largest absolute Gasteiger partial charge is 0.507 e. The number of aromatic nitrogens is 4. The first-order valence-corrected chi connectivity index (χ1v) is 9.02. The maximum atomic E-state index is 12.9. The van der Waals surface area contributed by atoms with Crippen molar-refractivity contribution < 1.29 is 23.0 Å². The number of benzene rings is 1. The lowest BCUT2D eigenvalue weighted by Crippen LogP contribution is -2.46. The lowest BCUT2D eigenvalue weighted by Gasteiger charge is -2.36. The summed E-state index contributed by atoms with van der Waals surface area (Å²) in [6, 6.07) is 2.76. The van der Waals surface area contributed by atoms with Crippen molar-refractivity contribution in [3.8, 4) is 17.0 Å². The van der Waals surface area contributed by atoms with Crippen molar-refractivity contribution in [1.29, 1.82) is 0 Å². The molecule has 2 aromatic heterocycles. The van der Waals surface area contributed by atoms with Gasteiger partial charge in [-0.1, -0.05) is 0 Å². The highest BCUT2D eigenvalue weighted by Crippen LogP contribution is 2.39. The second kappa shape index (κ2) is 7.11. The van der Waals surface area contributed by atoms with Crippen molar-refractivity contribution in [2.45, 2.75) is 32.2 Å². The van der Waals surface area contributed by atoms with Gasteiger partial charge in [-0.15, -0.1) is 10.2 Å². The Morgan fingerprint density at radius 3 is 2.31 bits per heavy atom. The van der Waals surface area contributed by atoms with E-state index in [1.807, 2.05) is 18.7 Å². The molecule has 1 N–H and O–H groups in total. The number of morpholine rings is 1. The van der Waals surface area contributed by atoms with Gasteiger partial charge in [-0.25, -0.2) is 0 Å². The average molecular weight is 405 g/mol. The van der Waals surface area contributed by atoms with E-state index in [1.165, 1.54) is 18.5 Å². The van der Waals surface area contributed by atoms with Gasteiger partial charge in [0.05, 0.1) is 35.6 Å². The fraction of sp³-hybridized carbons (Fsp3) is 0.368. The quantitative estimate of drug-likeness (QED) is 0.699. The summed E-state index contributed by atoms with van der Waals surface area (Å²) in [5.41, 5.74) is -0.568. The Hall–Kier alpha value is -3.01. The van der Waals surface area contributed by atoms with E-state index in [4.69, 9.17) is 4.74 Å². The standard InChI is InChI=1S/C19H18F3N5O2/c1-10-8-27(9-11(2)29-10)18-15-7-24-23-6-14(15)17(25-26-18)13-4-3-12(5-16(13)28)19(20,21)22/h3-7,10-11,28H,8-9H2,1-2H3/t10-,11+. The Balaban J connectivity index is 1.82. The number of ether oxygens (including phenoxy) is 1. The lowest BCUT2D eigenvalue weighted by molar-refractivity contribution is -0.137. The molecule has 0 unspecified atom stereocenters.